The lowest BCUT2D eigenvalue weighted by atomic mass is 10.00. The topological polar surface area (TPSA) is 81.8 Å². The quantitative estimate of drug-likeness (QED) is 0.666. The number of piperidine rings is 1. The van der Waals surface area contributed by atoms with Gasteiger partial charge in [0.1, 0.15) is 0 Å². The third-order valence-electron chi connectivity index (χ3n) is 2.74. The van der Waals surface area contributed by atoms with Crippen LogP contribution in [0.2, 0.25) is 0 Å². The molecule has 0 aliphatic carbocycles. The number of rotatable bonds is 1. The van der Waals surface area contributed by atoms with E-state index in [0.717, 1.165) is 25.9 Å². The molecule has 6 heteroatoms. The van der Waals surface area contributed by atoms with E-state index in [1.807, 2.05) is 4.90 Å². The highest BCUT2D eigenvalue weighted by molar-refractivity contribution is 5.27. The molecule has 1 aromatic rings. The second kappa shape index (κ2) is 3.88. The Morgan fingerprint density at radius 3 is 2.53 bits per heavy atom. The number of nitrogens with zero attached hydrogens (tertiary/aromatic N) is 2. The van der Waals surface area contributed by atoms with E-state index in [1.165, 1.54) is 0 Å². The summed E-state index contributed by atoms with van der Waals surface area (Å²) >= 11 is 0. The minimum absolute atomic E-state index is 0.385. The summed E-state index contributed by atoms with van der Waals surface area (Å²) in [7, 11) is 0. The van der Waals surface area contributed by atoms with Gasteiger partial charge in [0.05, 0.1) is 0 Å². The highest BCUT2D eigenvalue weighted by Gasteiger charge is 2.17. The molecular formula is C9H14N4O2. The summed E-state index contributed by atoms with van der Waals surface area (Å²) in [5.41, 5.74) is -1.09. The average Bonchev–Trinajstić information content (AvgIpc) is 2.17. The fraction of sp³-hybridized carbons (Fsp3) is 0.667. The second-order valence-electron chi connectivity index (χ2n) is 3.99. The Balaban J connectivity index is 2.22. The first-order valence-corrected chi connectivity index (χ1v) is 5.11. The van der Waals surface area contributed by atoms with Crippen molar-refractivity contribution in [3.8, 4) is 0 Å². The first-order chi connectivity index (χ1) is 7.15. The van der Waals surface area contributed by atoms with Gasteiger partial charge in [0.25, 0.3) is 0 Å². The summed E-state index contributed by atoms with van der Waals surface area (Å²) in [6, 6.07) is 0. The van der Waals surface area contributed by atoms with Gasteiger partial charge in [-0.1, -0.05) is 6.92 Å². The van der Waals surface area contributed by atoms with Gasteiger partial charge in [-0.25, -0.2) is 9.59 Å². The molecule has 0 saturated carbocycles. The van der Waals surface area contributed by atoms with Crippen molar-refractivity contribution < 1.29 is 0 Å². The van der Waals surface area contributed by atoms with Gasteiger partial charge < -0.3 is 4.90 Å². The van der Waals surface area contributed by atoms with E-state index in [1.54, 1.807) is 0 Å². The van der Waals surface area contributed by atoms with Crippen molar-refractivity contribution in [3.05, 3.63) is 21.0 Å². The van der Waals surface area contributed by atoms with E-state index in [0.29, 0.717) is 11.9 Å². The first kappa shape index (κ1) is 9.95. The van der Waals surface area contributed by atoms with Crippen LogP contribution in [0.1, 0.15) is 19.8 Å². The second-order valence-corrected chi connectivity index (χ2v) is 3.99. The molecule has 82 valence electrons. The number of aromatic nitrogens is 3. The van der Waals surface area contributed by atoms with Crippen LogP contribution in [0.15, 0.2) is 9.59 Å². The number of hydrogen-bond donors (Lipinski definition) is 2. The molecule has 0 atom stereocenters. The fourth-order valence-corrected chi connectivity index (χ4v) is 1.75. The lowest BCUT2D eigenvalue weighted by Gasteiger charge is -2.30. The van der Waals surface area contributed by atoms with Crippen LogP contribution in [0.4, 0.5) is 5.95 Å². The van der Waals surface area contributed by atoms with Crippen molar-refractivity contribution >= 4 is 5.95 Å². The molecule has 0 spiro atoms. The third-order valence-corrected chi connectivity index (χ3v) is 2.74. The molecule has 0 radical (unpaired) electrons. The number of aromatic amines is 2. The van der Waals surface area contributed by atoms with Gasteiger partial charge in [0, 0.05) is 13.1 Å². The summed E-state index contributed by atoms with van der Waals surface area (Å²) in [6.07, 6.45) is 2.13. The van der Waals surface area contributed by atoms with Gasteiger partial charge >= 0.3 is 11.4 Å². The van der Waals surface area contributed by atoms with Crippen LogP contribution in [0, 0.1) is 5.92 Å². The van der Waals surface area contributed by atoms with Gasteiger partial charge in [0.2, 0.25) is 5.95 Å². The van der Waals surface area contributed by atoms with Gasteiger partial charge in [0.15, 0.2) is 0 Å². The number of H-pyrrole nitrogens is 2. The third kappa shape index (κ3) is 2.26. The molecule has 0 bridgehead atoms. The van der Waals surface area contributed by atoms with Crippen LogP contribution >= 0.6 is 0 Å². The summed E-state index contributed by atoms with van der Waals surface area (Å²) in [5.74, 6) is 1.09. The molecule has 2 rings (SSSR count). The minimum Gasteiger partial charge on any atom is -0.342 e. The number of hydrogen-bond acceptors (Lipinski definition) is 4. The fourth-order valence-electron chi connectivity index (χ4n) is 1.75. The Morgan fingerprint density at radius 1 is 1.27 bits per heavy atom. The smallest absolute Gasteiger partial charge is 0.342 e. The number of nitrogens with one attached hydrogen (secondary N) is 2. The summed E-state index contributed by atoms with van der Waals surface area (Å²) < 4.78 is 0. The Morgan fingerprint density at radius 2 is 1.93 bits per heavy atom. The van der Waals surface area contributed by atoms with Crippen molar-refractivity contribution in [2.24, 2.45) is 5.92 Å². The van der Waals surface area contributed by atoms with Gasteiger partial charge in [-0.2, -0.15) is 4.98 Å². The maximum atomic E-state index is 11.0. The molecule has 2 N–H and O–H groups in total. The molecule has 2 heterocycles. The van der Waals surface area contributed by atoms with Crippen molar-refractivity contribution in [2.45, 2.75) is 19.8 Å². The predicted molar refractivity (Wildman–Crippen MR) is 56.1 cm³/mol. The molecule has 1 fully saturated rings. The molecule has 0 unspecified atom stereocenters. The molecule has 15 heavy (non-hydrogen) atoms. The molecular weight excluding hydrogens is 196 g/mol. The maximum Gasteiger partial charge on any atom is 0.352 e. The van der Waals surface area contributed by atoms with Crippen LogP contribution in [0.5, 0.6) is 0 Å². The van der Waals surface area contributed by atoms with E-state index in [2.05, 4.69) is 21.9 Å². The summed E-state index contributed by atoms with van der Waals surface area (Å²) in [4.78, 5) is 32.3. The van der Waals surface area contributed by atoms with E-state index in [4.69, 9.17) is 0 Å². The Bertz CT molecular complexity index is 414. The number of anilines is 1. The zero-order chi connectivity index (χ0) is 10.8. The summed E-state index contributed by atoms with van der Waals surface area (Å²) in [6.45, 7) is 3.88. The van der Waals surface area contributed by atoms with E-state index >= 15 is 0 Å². The lowest BCUT2D eigenvalue weighted by Crippen LogP contribution is -2.38. The highest BCUT2D eigenvalue weighted by Crippen LogP contribution is 2.18. The van der Waals surface area contributed by atoms with Crippen LogP contribution in [-0.4, -0.2) is 28.0 Å². The van der Waals surface area contributed by atoms with Gasteiger partial charge in [-0.15, -0.1) is 0 Å². The normalized spacial score (nSPS) is 18.1. The van der Waals surface area contributed by atoms with Crippen LogP contribution < -0.4 is 16.3 Å². The van der Waals surface area contributed by atoms with E-state index in [-0.39, 0.29) is 0 Å². The van der Waals surface area contributed by atoms with Gasteiger partial charge in [-0.3, -0.25) is 9.97 Å². The molecule has 1 aliphatic heterocycles. The molecule has 6 nitrogen and oxygen atoms in total. The van der Waals surface area contributed by atoms with Crippen LogP contribution in [-0.2, 0) is 0 Å². The molecule has 1 saturated heterocycles. The predicted octanol–water partition coefficient (Wildman–Crippen LogP) is -0.306. The molecule has 1 aromatic heterocycles. The SMILES string of the molecule is CC1CCN(c2nc(=O)[nH]c(=O)[nH]2)CC1. The lowest BCUT2D eigenvalue weighted by molar-refractivity contribution is 0.433. The standard InChI is InChI=1S/C9H14N4O2/c1-6-2-4-13(5-3-6)7-10-8(14)12-9(15)11-7/h6H,2-5H2,1H3,(H2,10,11,12,14,15). The Hall–Kier alpha value is -1.59. The average molecular weight is 210 g/mol. The van der Waals surface area contributed by atoms with Crippen molar-refractivity contribution in [2.75, 3.05) is 18.0 Å². The van der Waals surface area contributed by atoms with E-state index in [9.17, 15) is 9.59 Å². The van der Waals surface area contributed by atoms with E-state index < -0.39 is 11.4 Å². The molecule has 1 aliphatic rings. The summed E-state index contributed by atoms with van der Waals surface area (Å²) in [5, 5.41) is 0. The first-order valence-electron chi connectivity index (χ1n) is 5.11. The van der Waals surface area contributed by atoms with Crippen molar-refractivity contribution in [1.82, 2.24) is 15.0 Å². The molecule has 0 aromatic carbocycles. The highest BCUT2D eigenvalue weighted by atomic mass is 16.2. The van der Waals surface area contributed by atoms with Crippen LogP contribution in [0.25, 0.3) is 0 Å². The van der Waals surface area contributed by atoms with Gasteiger partial charge in [-0.05, 0) is 18.8 Å². The molecule has 0 amide bonds. The maximum absolute atomic E-state index is 11.0. The minimum atomic E-state index is -0.590. The monoisotopic (exact) mass is 210 g/mol. The largest absolute Gasteiger partial charge is 0.352 e. The van der Waals surface area contributed by atoms with Crippen LogP contribution in [0.3, 0.4) is 0 Å². The zero-order valence-electron chi connectivity index (χ0n) is 8.62. The Labute approximate surface area is 86.4 Å². The zero-order valence-corrected chi connectivity index (χ0v) is 8.62. The van der Waals surface area contributed by atoms with Crippen molar-refractivity contribution in [1.29, 1.82) is 0 Å². The Kier molecular flexibility index (Phi) is 2.57. The van der Waals surface area contributed by atoms with Crippen molar-refractivity contribution in [3.63, 3.8) is 0 Å².